The number of hydrogen-bond acceptors (Lipinski definition) is 4. The molecule has 0 heterocycles. The molecule has 0 amide bonds. The summed E-state index contributed by atoms with van der Waals surface area (Å²) in [6.45, 7) is 5.30. The molecule has 0 saturated carbocycles. The molecule has 1 rings (SSSR count). The second kappa shape index (κ2) is 8.78. The fourth-order valence-electron chi connectivity index (χ4n) is 1.76. The van der Waals surface area contributed by atoms with Gasteiger partial charge in [0.1, 0.15) is 0 Å². The van der Waals surface area contributed by atoms with Gasteiger partial charge in [-0.25, -0.2) is 0 Å². The van der Waals surface area contributed by atoms with Crippen molar-refractivity contribution in [1.29, 1.82) is 0 Å². The smallest absolute Gasteiger partial charge is 0.165 e. The summed E-state index contributed by atoms with van der Waals surface area (Å²) in [5, 5.41) is 3.37. The summed E-state index contributed by atoms with van der Waals surface area (Å²) in [5.74, 6) is 1.57. The minimum atomic E-state index is 0.770. The van der Waals surface area contributed by atoms with Crippen molar-refractivity contribution in [2.24, 2.45) is 0 Å². The zero-order valence-electron chi connectivity index (χ0n) is 11.5. The lowest BCUT2D eigenvalue weighted by Crippen LogP contribution is -2.17. The van der Waals surface area contributed by atoms with E-state index in [0.29, 0.717) is 0 Å². The minimum absolute atomic E-state index is 0.770. The van der Waals surface area contributed by atoms with Gasteiger partial charge in [0.15, 0.2) is 11.5 Å². The van der Waals surface area contributed by atoms with Gasteiger partial charge in [0.25, 0.3) is 0 Å². The monoisotopic (exact) mass is 253 g/mol. The zero-order chi connectivity index (χ0) is 13.2. The molecular weight excluding hydrogens is 230 g/mol. The Kier molecular flexibility index (Phi) is 7.22. The van der Waals surface area contributed by atoms with Crippen molar-refractivity contribution in [1.82, 2.24) is 5.32 Å². The maximum atomic E-state index is 5.37. The van der Waals surface area contributed by atoms with E-state index in [4.69, 9.17) is 14.2 Å². The topological polar surface area (TPSA) is 39.7 Å². The van der Waals surface area contributed by atoms with E-state index in [9.17, 15) is 0 Å². The second-order valence-electron chi connectivity index (χ2n) is 3.88. The van der Waals surface area contributed by atoms with E-state index in [1.54, 1.807) is 14.2 Å². The first-order valence-electron chi connectivity index (χ1n) is 6.31. The van der Waals surface area contributed by atoms with Crippen LogP contribution in [0, 0.1) is 0 Å². The Labute approximate surface area is 109 Å². The number of ether oxygens (including phenoxy) is 3. The van der Waals surface area contributed by atoms with Crippen molar-refractivity contribution in [3.63, 3.8) is 0 Å². The molecule has 0 spiro atoms. The predicted molar refractivity (Wildman–Crippen MR) is 72.4 cm³/mol. The molecule has 18 heavy (non-hydrogen) atoms. The van der Waals surface area contributed by atoms with Gasteiger partial charge in [-0.05, 0) is 26.0 Å². The Balaban J connectivity index is 2.41. The van der Waals surface area contributed by atoms with E-state index in [1.165, 1.54) is 0 Å². The van der Waals surface area contributed by atoms with Crippen molar-refractivity contribution in [2.75, 3.05) is 34.0 Å². The molecule has 1 aromatic carbocycles. The summed E-state index contributed by atoms with van der Waals surface area (Å²) in [6, 6.07) is 5.91. The largest absolute Gasteiger partial charge is 0.493 e. The lowest BCUT2D eigenvalue weighted by molar-refractivity contribution is 0.144. The highest BCUT2D eigenvalue weighted by atomic mass is 16.5. The van der Waals surface area contributed by atoms with Gasteiger partial charge in [-0.1, -0.05) is 12.1 Å². The van der Waals surface area contributed by atoms with Crippen molar-refractivity contribution in [3.05, 3.63) is 23.8 Å². The van der Waals surface area contributed by atoms with Gasteiger partial charge < -0.3 is 19.5 Å². The Morgan fingerprint density at radius 3 is 2.67 bits per heavy atom. The van der Waals surface area contributed by atoms with Crippen LogP contribution in [-0.2, 0) is 11.3 Å². The van der Waals surface area contributed by atoms with E-state index in [-0.39, 0.29) is 0 Å². The standard InChI is InChI=1S/C14H23NO3/c1-4-18-10-6-9-15-11-12-7-5-8-13(16-2)14(12)17-3/h5,7-8,15H,4,6,9-11H2,1-3H3. The first-order chi connectivity index (χ1) is 8.83. The molecule has 0 aliphatic heterocycles. The summed E-state index contributed by atoms with van der Waals surface area (Å²) in [6.07, 6.45) is 1.01. The van der Waals surface area contributed by atoms with Crippen LogP contribution in [0.4, 0.5) is 0 Å². The van der Waals surface area contributed by atoms with Crippen molar-refractivity contribution < 1.29 is 14.2 Å². The van der Waals surface area contributed by atoms with E-state index < -0.39 is 0 Å². The first kappa shape index (κ1) is 14.8. The predicted octanol–water partition coefficient (Wildman–Crippen LogP) is 2.22. The molecule has 0 unspecified atom stereocenters. The molecule has 1 N–H and O–H groups in total. The van der Waals surface area contributed by atoms with Crippen LogP contribution in [0.15, 0.2) is 18.2 Å². The number of rotatable bonds is 9. The number of benzene rings is 1. The lowest BCUT2D eigenvalue weighted by Gasteiger charge is -2.13. The molecule has 4 nitrogen and oxygen atoms in total. The molecular formula is C14H23NO3. The highest BCUT2D eigenvalue weighted by molar-refractivity contribution is 5.46. The van der Waals surface area contributed by atoms with E-state index in [2.05, 4.69) is 5.32 Å². The summed E-state index contributed by atoms with van der Waals surface area (Å²) >= 11 is 0. The SMILES string of the molecule is CCOCCCNCc1cccc(OC)c1OC. The van der Waals surface area contributed by atoms with Crippen LogP contribution in [0.1, 0.15) is 18.9 Å². The summed E-state index contributed by atoms with van der Waals surface area (Å²) in [7, 11) is 3.31. The highest BCUT2D eigenvalue weighted by Crippen LogP contribution is 2.30. The van der Waals surface area contributed by atoms with Crippen molar-refractivity contribution in [3.8, 4) is 11.5 Å². The lowest BCUT2D eigenvalue weighted by atomic mass is 10.2. The number of hydrogen-bond donors (Lipinski definition) is 1. The van der Waals surface area contributed by atoms with Gasteiger partial charge in [0.05, 0.1) is 14.2 Å². The van der Waals surface area contributed by atoms with Crippen LogP contribution < -0.4 is 14.8 Å². The van der Waals surface area contributed by atoms with Crippen LogP contribution in [0.2, 0.25) is 0 Å². The Hall–Kier alpha value is -1.26. The van der Waals surface area contributed by atoms with Gasteiger partial charge in [-0.2, -0.15) is 0 Å². The van der Waals surface area contributed by atoms with Gasteiger partial charge >= 0.3 is 0 Å². The number of methoxy groups -OCH3 is 2. The van der Waals surface area contributed by atoms with E-state index in [0.717, 1.165) is 49.8 Å². The third-order valence-corrected chi connectivity index (χ3v) is 2.65. The highest BCUT2D eigenvalue weighted by Gasteiger charge is 2.08. The summed E-state index contributed by atoms with van der Waals surface area (Å²) < 4.78 is 15.9. The minimum Gasteiger partial charge on any atom is -0.493 e. The fraction of sp³-hybridized carbons (Fsp3) is 0.571. The molecule has 0 fully saturated rings. The fourth-order valence-corrected chi connectivity index (χ4v) is 1.76. The van der Waals surface area contributed by atoms with Gasteiger partial charge in [-0.15, -0.1) is 0 Å². The molecule has 4 heteroatoms. The zero-order valence-corrected chi connectivity index (χ0v) is 11.5. The summed E-state index contributed by atoms with van der Waals surface area (Å²) in [5.41, 5.74) is 1.10. The van der Waals surface area contributed by atoms with Crippen LogP contribution in [0.5, 0.6) is 11.5 Å². The molecule has 0 radical (unpaired) electrons. The average molecular weight is 253 g/mol. The van der Waals surface area contributed by atoms with Gasteiger partial charge in [0.2, 0.25) is 0 Å². The molecule has 0 saturated heterocycles. The van der Waals surface area contributed by atoms with Crippen LogP contribution >= 0.6 is 0 Å². The van der Waals surface area contributed by atoms with Gasteiger partial charge in [0, 0.05) is 25.3 Å². The Morgan fingerprint density at radius 2 is 2.00 bits per heavy atom. The van der Waals surface area contributed by atoms with Crippen molar-refractivity contribution in [2.45, 2.75) is 19.9 Å². The van der Waals surface area contributed by atoms with Crippen molar-refractivity contribution >= 4 is 0 Å². The van der Waals surface area contributed by atoms with Gasteiger partial charge in [-0.3, -0.25) is 0 Å². The number of nitrogens with one attached hydrogen (secondary N) is 1. The van der Waals surface area contributed by atoms with Crippen LogP contribution in [0.25, 0.3) is 0 Å². The average Bonchev–Trinajstić information content (AvgIpc) is 2.42. The molecule has 0 atom stereocenters. The normalized spacial score (nSPS) is 10.4. The Bertz CT molecular complexity index is 342. The van der Waals surface area contributed by atoms with E-state index >= 15 is 0 Å². The third-order valence-electron chi connectivity index (χ3n) is 2.65. The quantitative estimate of drug-likeness (QED) is 0.685. The maximum absolute atomic E-state index is 5.37. The number of para-hydroxylation sites is 1. The first-order valence-corrected chi connectivity index (χ1v) is 6.31. The maximum Gasteiger partial charge on any atom is 0.165 e. The molecule has 0 aliphatic carbocycles. The molecule has 1 aromatic rings. The third kappa shape index (κ3) is 4.55. The van der Waals surface area contributed by atoms with Crippen LogP contribution in [-0.4, -0.2) is 34.0 Å². The second-order valence-corrected chi connectivity index (χ2v) is 3.88. The summed E-state index contributed by atoms with van der Waals surface area (Å²) in [4.78, 5) is 0. The Morgan fingerprint density at radius 1 is 1.17 bits per heavy atom. The molecule has 0 bridgehead atoms. The molecule has 102 valence electrons. The van der Waals surface area contributed by atoms with E-state index in [1.807, 2.05) is 25.1 Å². The van der Waals surface area contributed by atoms with Crippen LogP contribution in [0.3, 0.4) is 0 Å². The molecule has 0 aliphatic rings. The molecule has 0 aromatic heterocycles.